The summed E-state index contributed by atoms with van der Waals surface area (Å²) in [5.74, 6) is 1.51. The fourth-order valence-electron chi connectivity index (χ4n) is 2.08. The minimum atomic E-state index is -0.216. The summed E-state index contributed by atoms with van der Waals surface area (Å²) in [7, 11) is 3.55. The number of anilines is 2. The molecule has 1 aromatic heterocycles. The van der Waals surface area contributed by atoms with Crippen molar-refractivity contribution in [3.05, 3.63) is 12.0 Å². The highest BCUT2D eigenvalue weighted by molar-refractivity contribution is 6.03. The molecule has 1 aromatic rings. The van der Waals surface area contributed by atoms with E-state index in [1.54, 1.807) is 25.2 Å². The summed E-state index contributed by atoms with van der Waals surface area (Å²) in [4.78, 5) is 22.3. The largest absolute Gasteiger partial charge is 0.309 e. The van der Waals surface area contributed by atoms with Gasteiger partial charge in [-0.25, -0.2) is 15.4 Å². The molecule has 0 aliphatic carbocycles. The molecule has 0 saturated carbocycles. The zero-order chi connectivity index (χ0) is 12.6. The summed E-state index contributed by atoms with van der Waals surface area (Å²) in [6.45, 7) is 3.82. The number of hydrogen-bond acceptors (Lipinski definition) is 5. The molecule has 2 rings (SSSR count). The molecule has 1 N–H and O–H groups in total. The molecule has 1 atom stereocenters. The van der Waals surface area contributed by atoms with Gasteiger partial charge in [0.2, 0.25) is 0 Å². The molecule has 17 heavy (non-hydrogen) atoms. The summed E-state index contributed by atoms with van der Waals surface area (Å²) in [5.41, 5.74) is 3.77. The van der Waals surface area contributed by atoms with Crippen LogP contribution in [0.15, 0.2) is 6.20 Å². The van der Waals surface area contributed by atoms with E-state index in [2.05, 4.69) is 15.4 Å². The standard InChI is InChI=1S/C11H17N5O/c1-5-8-11(17)15(4)9-6-13-7(2)14-10(9)16(8)12-3/h6,8,12H,5H2,1-4H3. The number of nitrogens with zero attached hydrogens (tertiary/aromatic N) is 4. The lowest BCUT2D eigenvalue weighted by Gasteiger charge is -2.39. The minimum absolute atomic E-state index is 0.0572. The number of carbonyl (C=O) groups excluding carboxylic acids is 1. The Kier molecular flexibility index (Phi) is 2.97. The second kappa shape index (κ2) is 4.29. The number of rotatable bonds is 2. The molecular formula is C11H17N5O. The van der Waals surface area contributed by atoms with E-state index in [-0.39, 0.29) is 11.9 Å². The van der Waals surface area contributed by atoms with Crippen LogP contribution in [0.4, 0.5) is 11.5 Å². The van der Waals surface area contributed by atoms with E-state index in [0.29, 0.717) is 5.82 Å². The molecule has 6 heteroatoms. The Bertz CT molecular complexity index is 447. The minimum Gasteiger partial charge on any atom is -0.309 e. The molecule has 0 fully saturated rings. The lowest BCUT2D eigenvalue weighted by atomic mass is 10.1. The number of fused-ring (bicyclic) bond motifs is 1. The Morgan fingerprint density at radius 2 is 2.24 bits per heavy atom. The van der Waals surface area contributed by atoms with Gasteiger partial charge in [-0.1, -0.05) is 6.92 Å². The third kappa shape index (κ3) is 1.74. The van der Waals surface area contributed by atoms with Crippen LogP contribution in [-0.2, 0) is 4.79 Å². The smallest absolute Gasteiger partial charge is 0.251 e. The van der Waals surface area contributed by atoms with Gasteiger partial charge in [0.25, 0.3) is 5.91 Å². The van der Waals surface area contributed by atoms with Crippen molar-refractivity contribution in [2.45, 2.75) is 26.3 Å². The van der Waals surface area contributed by atoms with Gasteiger partial charge in [-0.2, -0.15) is 0 Å². The predicted octanol–water partition coefficient (Wildman–Crippen LogP) is 0.481. The number of hydrogen-bond donors (Lipinski definition) is 1. The third-order valence-electron chi connectivity index (χ3n) is 3.01. The first kappa shape index (κ1) is 11.8. The SMILES string of the molecule is CCC1C(=O)N(C)c2cnc(C)nc2N1NC. The monoisotopic (exact) mass is 235 g/mol. The summed E-state index contributed by atoms with van der Waals surface area (Å²) in [6.07, 6.45) is 2.41. The molecule has 1 aliphatic heterocycles. The molecule has 1 unspecified atom stereocenters. The molecular weight excluding hydrogens is 218 g/mol. The molecule has 0 spiro atoms. The molecule has 92 valence electrons. The third-order valence-corrected chi connectivity index (χ3v) is 3.01. The summed E-state index contributed by atoms with van der Waals surface area (Å²) in [5, 5.41) is 1.81. The topological polar surface area (TPSA) is 61.4 Å². The zero-order valence-corrected chi connectivity index (χ0v) is 10.6. The maximum atomic E-state index is 12.2. The van der Waals surface area contributed by atoms with E-state index in [9.17, 15) is 4.79 Å². The van der Waals surface area contributed by atoms with Crippen molar-refractivity contribution in [3.8, 4) is 0 Å². The van der Waals surface area contributed by atoms with Crippen LogP contribution in [0.1, 0.15) is 19.2 Å². The first-order chi connectivity index (χ1) is 8.10. The van der Waals surface area contributed by atoms with Gasteiger partial charge in [-0.15, -0.1) is 0 Å². The van der Waals surface area contributed by atoms with E-state index in [1.807, 2.05) is 18.9 Å². The van der Waals surface area contributed by atoms with Crippen LogP contribution in [0.5, 0.6) is 0 Å². The van der Waals surface area contributed by atoms with Crippen molar-refractivity contribution in [2.75, 3.05) is 24.0 Å². The number of likely N-dealkylation sites (N-methyl/N-ethyl adjacent to an activating group) is 1. The van der Waals surface area contributed by atoms with Crippen molar-refractivity contribution in [1.29, 1.82) is 0 Å². The number of amides is 1. The first-order valence-electron chi connectivity index (χ1n) is 5.68. The molecule has 6 nitrogen and oxygen atoms in total. The van der Waals surface area contributed by atoms with Crippen LogP contribution in [0.2, 0.25) is 0 Å². The summed E-state index contributed by atoms with van der Waals surface area (Å²) < 4.78 is 0. The summed E-state index contributed by atoms with van der Waals surface area (Å²) in [6, 6.07) is -0.216. The quantitative estimate of drug-likeness (QED) is 0.808. The number of hydrazine groups is 1. The molecule has 0 aromatic carbocycles. The van der Waals surface area contributed by atoms with E-state index >= 15 is 0 Å². The van der Waals surface area contributed by atoms with Crippen LogP contribution in [0.3, 0.4) is 0 Å². The highest BCUT2D eigenvalue weighted by Gasteiger charge is 2.36. The molecule has 0 saturated heterocycles. The molecule has 1 amide bonds. The van der Waals surface area contributed by atoms with Crippen molar-refractivity contribution >= 4 is 17.4 Å². The number of aryl methyl sites for hydroxylation is 1. The average molecular weight is 235 g/mol. The van der Waals surface area contributed by atoms with Crippen LogP contribution < -0.4 is 15.3 Å². The molecule has 2 heterocycles. The van der Waals surface area contributed by atoms with Gasteiger partial charge in [0.1, 0.15) is 17.6 Å². The lowest BCUT2D eigenvalue weighted by molar-refractivity contribution is -0.120. The van der Waals surface area contributed by atoms with Crippen LogP contribution in [0, 0.1) is 6.92 Å². The highest BCUT2D eigenvalue weighted by atomic mass is 16.2. The van der Waals surface area contributed by atoms with Crippen molar-refractivity contribution in [1.82, 2.24) is 15.4 Å². The fourth-order valence-corrected chi connectivity index (χ4v) is 2.08. The molecule has 0 bridgehead atoms. The Balaban J connectivity index is 2.56. The average Bonchev–Trinajstić information content (AvgIpc) is 2.33. The molecule has 0 radical (unpaired) electrons. The van der Waals surface area contributed by atoms with Gasteiger partial charge < -0.3 is 4.90 Å². The summed E-state index contributed by atoms with van der Waals surface area (Å²) >= 11 is 0. The Labute approximate surface area is 101 Å². The van der Waals surface area contributed by atoms with Crippen LogP contribution in [-0.4, -0.2) is 36.0 Å². The number of nitrogens with one attached hydrogen (secondary N) is 1. The van der Waals surface area contributed by atoms with Gasteiger partial charge in [0.15, 0.2) is 5.82 Å². The van der Waals surface area contributed by atoms with Gasteiger partial charge in [-0.05, 0) is 13.3 Å². The maximum Gasteiger partial charge on any atom is 0.251 e. The van der Waals surface area contributed by atoms with Gasteiger partial charge in [0.05, 0.1) is 6.20 Å². The second-order valence-corrected chi connectivity index (χ2v) is 4.04. The lowest BCUT2D eigenvalue weighted by Crippen LogP contribution is -2.56. The van der Waals surface area contributed by atoms with Crippen LogP contribution in [0.25, 0.3) is 0 Å². The van der Waals surface area contributed by atoms with E-state index in [1.165, 1.54) is 0 Å². The van der Waals surface area contributed by atoms with Gasteiger partial charge in [-0.3, -0.25) is 9.80 Å². The van der Waals surface area contributed by atoms with Gasteiger partial charge >= 0.3 is 0 Å². The zero-order valence-electron chi connectivity index (χ0n) is 10.6. The van der Waals surface area contributed by atoms with E-state index < -0.39 is 0 Å². The van der Waals surface area contributed by atoms with Gasteiger partial charge in [0, 0.05) is 14.1 Å². The Morgan fingerprint density at radius 1 is 1.53 bits per heavy atom. The first-order valence-corrected chi connectivity index (χ1v) is 5.68. The number of carbonyl (C=O) groups is 1. The van der Waals surface area contributed by atoms with E-state index in [0.717, 1.165) is 17.9 Å². The fraction of sp³-hybridized carbons (Fsp3) is 0.545. The second-order valence-electron chi connectivity index (χ2n) is 4.04. The number of aromatic nitrogens is 2. The molecule has 1 aliphatic rings. The normalized spacial score (nSPS) is 19.5. The highest BCUT2D eigenvalue weighted by Crippen LogP contribution is 2.32. The van der Waals surface area contributed by atoms with Crippen molar-refractivity contribution < 1.29 is 4.79 Å². The van der Waals surface area contributed by atoms with E-state index in [4.69, 9.17) is 0 Å². The van der Waals surface area contributed by atoms with Crippen molar-refractivity contribution in [2.24, 2.45) is 0 Å². The maximum absolute atomic E-state index is 12.2. The predicted molar refractivity (Wildman–Crippen MR) is 65.8 cm³/mol. The Hall–Kier alpha value is -1.69. The van der Waals surface area contributed by atoms with Crippen molar-refractivity contribution in [3.63, 3.8) is 0 Å². The van der Waals surface area contributed by atoms with Crippen LogP contribution >= 0.6 is 0 Å². The Morgan fingerprint density at radius 3 is 2.82 bits per heavy atom.